The predicted octanol–water partition coefficient (Wildman–Crippen LogP) is 3.54. The fourth-order valence-electron chi connectivity index (χ4n) is 2.57. The molecule has 1 unspecified atom stereocenters. The van der Waals surface area contributed by atoms with Crippen LogP contribution >= 0.6 is 15.9 Å². The summed E-state index contributed by atoms with van der Waals surface area (Å²) in [4.78, 5) is 14.2. The number of nitrogens with zero attached hydrogens (tertiary/aromatic N) is 1. The molecule has 1 aliphatic rings. The Labute approximate surface area is 123 Å². The summed E-state index contributed by atoms with van der Waals surface area (Å²) < 4.78 is 6.16. The lowest BCUT2D eigenvalue weighted by Crippen LogP contribution is -2.28. The minimum Gasteiger partial charge on any atom is -0.466 e. The highest BCUT2D eigenvalue weighted by Gasteiger charge is 2.26. The van der Waals surface area contributed by atoms with Crippen LogP contribution in [0.4, 0.5) is 0 Å². The van der Waals surface area contributed by atoms with Crippen LogP contribution in [0.15, 0.2) is 28.7 Å². The summed E-state index contributed by atoms with van der Waals surface area (Å²) in [5.41, 5.74) is 1.19. The summed E-state index contributed by atoms with van der Waals surface area (Å²) >= 11 is 3.45. The Morgan fingerprint density at radius 3 is 2.53 bits per heavy atom. The highest BCUT2D eigenvalue weighted by atomic mass is 79.9. The number of carbonyl (C=O) groups is 1. The van der Waals surface area contributed by atoms with Gasteiger partial charge in [-0.05, 0) is 50.6 Å². The molecule has 1 aromatic rings. The Morgan fingerprint density at radius 2 is 1.95 bits per heavy atom. The molecule has 0 saturated carbocycles. The number of hydrogen-bond acceptors (Lipinski definition) is 3. The highest BCUT2D eigenvalue weighted by Crippen LogP contribution is 2.29. The lowest BCUT2D eigenvalue weighted by Gasteiger charge is -2.27. The van der Waals surface area contributed by atoms with Crippen molar-refractivity contribution in [3.05, 3.63) is 34.3 Å². The fourth-order valence-corrected chi connectivity index (χ4v) is 2.84. The molecule has 0 bridgehead atoms. The number of benzene rings is 1. The van der Waals surface area contributed by atoms with Gasteiger partial charge in [-0.25, -0.2) is 0 Å². The molecule has 19 heavy (non-hydrogen) atoms. The van der Waals surface area contributed by atoms with Gasteiger partial charge in [-0.1, -0.05) is 28.1 Å². The molecule has 0 amide bonds. The molecule has 2 rings (SSSR count). The van der Waals surface area contributed by atoms with Crippen molar-refractivity contribution >= 4 is 21.9 Å². The standard InChI is InChI=1S/C15H20BrNO2/c1-2-19-15(18)11-14(17-9-3-4-10-17)12-5-7-13(16)8-6-12/h5-8,14H,2-4,9-11H2,1H3. The number of hydrogen-bond donors (Lipinski definition) is 0. The van der Waals surface area contributed by atoms with E-state index in [1.165, 1.54) is 18.4 Å². The quantitative estimate of drug-likeness (QED) is 0.775. The highest BCUT2D eigenvalue weighted by molar-refractivity contribution is 9.10. The lowest BCUT2D eigenvalue weighted by molar-refractivity contribution is -0.144. The van der Waals surface area contributed by atoms with Crippen molar-refractivity contribution in [2.75, 3.05) is 19.7 Å². The van der Waals surface area contributed by atoms with E-state index in [1.807, 2.05) is 19.1 Å². The number of likely N-dealkylation sites (tertiary alicyclic amines) is 1. The van der Waals surface area contributed by atoms with Crippen molar-refractivity contribution in [3.8, 4) is 0 Å². The van der Waals surface area contributed by atoms with E-state index >= 15 is 0 Å². The van der Waals surface area contributed by atoms with Crippen molar-refractivity contribution < 1.29 is 9.53 Å². The van der Waals surface area contributed by atoms with Gasteiger partial charge < -0.3 is 4.74 Å². The van der Waals surface area contributed by atoms with E-state index < -0.39 is 0 Å². The third-order valence-corrected chi connectivity index (χ3v) is 4.03. The minimum absolute atomic E-state index is 0.109. The Bertz CT molecular complexity index is 413. The zero-order valence-corrected chi connectivity index (χ0v) is 12.9. The molecule has 3 nitrogen and oxygen atoms in total. The molecular weight excluding hydrogens is 306 g/mol. The Hall–Kier alpha value is -0.870. The zero-order chi connectivity index (χ0) is 13.7. The molecule has 0 N–H and O–H groups in total. The first-order valence-corrected chi connectivity index (χ1v) is 7.65. The number of rotatable bonds is 5. The molecule has 1 fully saturated rings. The van der Waals surface area contributed by atoms with E-state index in [9.17, 15) is 4.79 Å². The molecule has 4 heteroatoms. The molecule has 1 aromatic carbocycles. The second-order valence-corrected chi connectivity index (χ2v) is 5.74. The lowest BCUT2D eigenvalue weighted by atomic mass is 10.0. The van der Waals surface area contributed by atoms with Crippen LogP contribution in [-0.4, -0.2) is 30.6 Å². The van der Waals surface area contributed by atoms with Gasteiger partial charge in [0.2, 0.25) is 0 Å². The van der Waals surface area contributed by atoms with E-state index in [0.717, 1.165) is 17.6 Å². The van der Waals surface area contributed by atoms with E-state index in [2.05, 4.69) is 33.0 Å². The Morgan fingerprint density at radius 1 is 1.32 bits per heavy atom. The van der Waals surface area contributed by atoms with Crippen LogP contribution in [0.5, 0.6) is 0 Å². The van der Waals surface area contributed by atoms with Crippen molar-refractivity contribution in [2.45, 2.75) is 32.2 Å². The maximum atomic E-state index is 11.8. The van der Waals surface area contributed by atoms with Crippen molar-refractivity contribution in [1.29, 1.82) is 0 Å². The maximum Gasteiger partial charge on any atom is 0.307 e. The van der Waals surface area contributed by atoms with Gasteiger partial charge in [0.05, 0.1) is 13.0 Å². The van der Waals surface area contributed by atoms with Gasteiger partial charge in [-0.3, -0.25) is 9.69 Å². The molecule has 104 valence electrons. The molecule has 0 radical (unpaired) electrons. The summed E-state index contributed by atoms with van der Waals surface area (Å²) in [6.07, 6.45) is 2.88. The number of ether oxygens (including phenoxy) is 1. The van der Waals surface area contributed by atoms with Gasteiger partial charge in [0.25, 0.3) is 0 Å². The Balaban J connectivity index is 2.13. The predicted molar refractivity (Wildman–Crippen MR) is 78.9 cm³/mol. The molecule has 1 aliphatic heterocycles. The van der Waals surface area contributed by atoms with Crippen molar-refractivity contribution in [1.82, 2.24) is 4.90 Å². The third kappa shape index (κ3) is 4.05. The minimum atomic E-state index is -0.109. The van der Waals surface area contributed by atoms with Crippen LogP contribution < -0.4 is 0 Å². The second kappa shape index (κ2) is 7.06. The summed E-state index contributed by atoms with van der Waals surface area (Å²) in [5, 5.41) is 0. The fraction of sp³-hybridized carbons (Fsp3) is 0.533. The Kier molecular flexibility index (Phi) is 5.40. The van der Waals surface area contributed by atoms with E-state index in [4.69, 9.17) is 4.74 Å². The molecule has 1 saturated heterocycles. The van der Waals surface area contributed by atoms with Gasteiger partial charge >= 0.3 is 5.97 Å². The third-order valence-electron chi connectivity index (χ3n) is 3.50. The largest absolute Gasteiger partial charge is 0.466 e. The van der Waals surface area contributed by atoms with Gasteiger partial charge in [-0.2, -0.15) is 0 Å². The topological polar surface area (TPSA) is 29.5 Å². The first kappa shape index (κ1) is 14.5. The SMILES string of the molecule is CCOC(=O)CC(c1ccc(Br)cc1)N1CCCC1. The molecule has 0 spiro atoms. The molecule has 1 atom stereocenters. The van der Waals surface area contributed by atoms with E-state index in [-0.39, 0.29) is 12.0 Å². The normalized spacial score (nSPS) is 17.4. The van der Waals surface area contributed by atoms with Crippen LogP contribution in [0.3, 0.4) is 0 Å². The van der Waals surface area contributed by atoms with Crippen LogP contribution in [0.1, 0.15) is 37.8 Å². The maximum absolute atomic E-state index is 11.8. The van der Waals surface area contributed by atoms with Crippen molar-refractivity contribution in [2.24, 2.45) is 0 Å². The van der Waals surface area contributed by atoms with Crippen LogP contribution in [0.25, 0.3) is 0 Å². The van der Waals surface area contributed by atoms with E-state index in [1.54, 1.807) is 0 Å². The summed E-state index contributed by atoms with van der Waals surface area (Å²) in [6, 6.07) is 8.39. The zero-order valence-electron chi connectivity index (χ0n) is 11.3. The molecule has 0 aromatic heterocycles. The van der Waals surface area contributed by atoms with Gasteiger partial charge in [-0.15, -0.1) is 0 Å². The smallest absolute Gasteiger partial charge is 0.307 e. The van der Waals surface area contributed by atoms with Gasteiger partial charge in [0.1, 0.15) is 0 Å². The summed E-state index contributed by atoms with van der Waals surface area (Å²) in [6.45, 7) is 4.44. The number of halogens is 1. The van der Waals surface area contributed by atoms with Crippen LogP contribution in [0.2, 0.25) is 0 Å². The first-order valence-electron chi connectivity index (χ1n) is 6.86. The second-order valence-electron chi connectivity index (χ2n) is 4.82. The number of esters is 1. The van der Waals surface area contributed by atoms with Gasteiger partial charge in [0.15, 0.2) is 0 Å². The molecule has 1 heterocycles. The van der Waals surface area contributed by atoms with Gasteiger partial charge in [0, 0.05) is 10.5 Å². The average Bonchev–Trinajstić information content (AvgIpc) is 2.91. The first-order chi connectivity index (χ1) is 9.20. The summed E-state index contributed by atoms with van der Waals surface area (Å²) in [5.74, 6) is -0.109. The number of carbonyl (C=O) groups excluding carboxylic acids is 1. The molecular formula is C15H20BrNO2. The molecule has 0 aliphatic carbocycles. The average molecular weight is 326 g/mol. The van der Waals surface area contributed by atoms with E-state index in [0.29, 0.717) is 13.0 Å². The summed E-state index contributed by atoms with van der Waals surface area (Å²) in [7, 11) is 0. The van der Waals surface area contributed by atoms with Crippen LogP contribution in [-0.2, 0) is 9.53 Å². The van der Waals surface area contributed by atoms with Crippen molar-refractivity contribution in [3.63, 3.8) is 0 Å². The monoisotopic (exact) mass is 325 g/mol. The van der Waals surface area contributed by atoms with Crippen LogP contribution in [0, 0.1) is 0 Å².